The number of pyridine rings is 2. The summed E-state index contributed by atoms with van der Waals surface area (Å²) in [5, 5.41) is 16.8. The Morgan fingerprint density at radius 3 is 2.69 bits per heavy atom. The zero-order valence-corrected chi connectivity index (χ0v) is 19.9. The first-order chi connectivity index (χ1) is 17.0. The Morgan fingerprint density at radius 2 is 2.00 bits per heavy atom. The van der Waals surface area contributed by atoms with E-state index in [0.29, 0.717) is 63.3 Å². The Balaban J connectivity index is 1.67. The largest absolute Gasteiger partial charge is 0.492 e. The Labute approximate surface area is 207 Å². The number of ether oxygens (including phenoxy) is 2. The maximum absolute atomic E-state index is 11.7. The van der Waals surface area contributed by atoms with Crippen LogP contribution >= 0.6 is 11.6 Å². The van der Waals surface area contributed by atoms with Crippen LogP contribution in [0.2, 0.25) is 5.02 Å². The minimum Gasteiger partial charge on any atom is -0.492 e. The van der Waals surface area contributed by atoms with Crippen LogP contribution in [0.25, 0.3) is 10.9 Å². The lowest BCUT2D eigenvalue weighted by Crippen LogP contribution is -2.08. The van der Waals surface area contributed by atoms with Crippen molar-refractivity contribution in [1.82, 2.24) is 9.97 Å². The molecule has 0 bridgehead atoms. The molecular weight excluding hydrogens is 466 g/mol. The molecule has 8 nitrogen and oxygen atoms in total. The molecule has 4 rings (SSSR count). The highest BCUT2D eigenvalue weighted by Gasteiger charge is 2.15. The van der Waals surface area contributed by atoms with E-state index in [1.165, 1.54) is 13.1 Å². The number of aromatic nitrogens is 2. The van der Waals surface area contributed by atoms with Crippen LogP contribution in [0.3, 0.4) is 0 Å². The number of carbonyl (C=O) groups excluding carboxylic acids is 1. The molecule has 0 radical (unpaired) electrons. The lowest BCUT2D eigenvalue weighted by atomic mass is 10.1. The molecule has 0 aliphatic rings. The van der Waals surface area contributed by atoms with Gasteiger partial charge in [-0.05, 0) is 37.3 Å². The highest BCUT2D eigenvalue weighted by atomic mass is 35.5. The van der Waals surface area contributed by atoms with Crippen LogP contribution in [0.5, 0.6) is 11.5 Å². The van der Waals surface area contributed by atoms with Crippen LogP contribution in [0.4, 0.5) is 17.1 Å². The zero-order valence-electron chi connectivity index (χ0n) is 19.1. The summed E-state index contributed by atoms with van der Waals surface area (Å²) in [5.74, 6) is 0.782. The third kappa shape index (κ3) is 5.60. The molecule has 176 valence electrons. The van der Waals surface area contributed by atoms with Crippen LogP contribution in [-0.4, -0.2) is 22.5 Å². The Kier molecular flexibility index (Phi) is 7.29. The Morgan fingerprint density at radius 1 is 1.14 bits per heavy atom. The second-order valence-corrected chi connectivity index (χ2v) is 7.97. The summed E-state index contributed by atoms with van der Waals surface area (Å²) >= 11 is 6.47. The molecule has 0 unspecified atom stereocenters. The third-order valence-electron chi connectivity index (χ3n) is 5.02. The quantitative estimate of drug-likeness (QED) is 0.321. The van der Waals surface area contributed by atoms with Gasteiger partial charge in [-0.3, -0.25) is 14.8 Å². The van der Waals surface area contributed by atoms with E-state index in [0.717, 1.165) is 5.56 Å². The number of carbonyl (C=O) groups is 1. The highest BCUT2D eigenvalue weighted by molar-refractivity contribution is 6.32. The van der Waals surface area contributed by atoms with E-state index in [4.69, 9.17) is 21.1 Å². The van der Waals surface area contributed by atoms with Crippen molar-refractivity contribution < 1.29 is 14.3 Å². The molecule has 0 atom stereocenters. The number of fused-ring (bicyclic) bond motifs is 1. The van der Waals surface area contributed by atoms with Crippen molar-refractivity contribution in [1.29, 1.82) is 5.26 Å². The second-order valence-electron chi connectivity index (χ2n) is 7.56. The predicted molar refractivity (Wildman–Crippen MR) is 135 cm³/mol. The van der Waals surface area contributed by atoms with Crippen LogP contribution in [-0.2, 0) is 11.4 Å². The van der Waals surface area contributed by atoms with Crippen molar-refractivity contribution >= 4 is 45.5 Å². The number of anilines is 3. The molecule has 2 N–H and O–H groups in total. The molecule has 35 heavy (non-hydrogen) atoms. The van der Waals surface area contributed by atoms with Crippen LogP contribution in [0.1, 0.15) is 25.0 Å². The molecule has 2 aromatic carbocycles. The first kappa shape index (κ1) is 23.8. The Hall–Kier alpha value is -4.35. The van der Waals surface area contributed by atoms with E-state index in [2.05, 4.69) is 26.7 Å². The average molecular weight is 488 g/mol. The number of amides is 1. The van der Waals surface area contributed by atoms with Crippen LogP contribution in [0, 0.1) is 11.3 Å². The molecule has 0 saturated carbocycles. The molecule has 2 aromatic heterocycles. The zero-order chi connectivity index (χ0) is 24.8. The molecule has 0 fully saturated rings. The van der Waals surface area contributed by atoms with Gasteiger partial charge in [-0.1, -0.05) is 17.7 Å². The van der Waals surface area contributed by atoms with Gasteiger partial charge in [0.15, 0.2) is 0 Å². The summed E-state index contributed by atoms with van der Waals surface area (Å²) in [5.41, 5.74) is 3.54. The number of benzene rings is 2. The number of halogens is 1. The lowest BCUT2D eigenvalue weighted by molar-refractivity contribution is -0.114. The summed E-state index contributed by atoms with van der Waals surface area (Å²) < 4.78 is 11.5. The monoisotopic (exact) mass is 487 g/mol. The fourth-order valence-electron chi connectivity index (χ4n) is 3.49. The normalized spacial score (nSPS) is 10.5. The van der Waals surface area contributed by atoms with Crippen molar-refractivity contribution in [3.05, 3.63) is 77.2 Å². The van der Waals surface area contributed by atoms with Crippen molar-refractivity contribution in [3.8, 4) is 17.6 Å². The topological polar surface area (TPSA) is 109 Å². The molecule has 9 heteroatoms. The fraction of sp³-hybridized carbons (Fsp3) is 0.154. The molecule has 0 saturated heterocycles. The minimum absolute atomic E-state index is 0.238. The molecule has 4 aromatic rings. The molecule has 0 aliphatic carbocycles. The standard InChI is InChI=1S/C26H22ClN5O3/c1-3-34-25-11-22-20(10-23(25)31-16(2)33)26(18(12-28)14-30-22)32-19-6-7-24(21(27)9-19)35-15-17-5-4-8-29-13-17/h4-11,13-14H,3,15H2,1-2H3,(H,30,32)(H,31,33). The van der Waals surface area contributed by atoms with Crippen molar-refractivity contribution in [2.24, 2.45) is 0 Å². The van der Waals surface area contributed by atoms with Gasteiger partial charge in [0.05, 0.1) is 34.1 Å². The SMILES string of the molecule is CCOc1cc2ncc(C#N)c(Nc3ccc(OCc4cccnc4)c(Cl)c3)c2cc1NC(C)=O. The number of rotatable bonds is 8. The third-order valence-corrected chi connectivity index (χ3v) is 5.31. The number of hydrogen-bond acceptors (Lipinski definition) is 7. The van der Waals surface area contributed by atoms with Crippen LogP contribution < -0.4 is 20.1 Å². The molecule has 0 aliphatic heterocycles. The summed E-state index contributed by atoms with van der Waals surface area (Å²) in [7, 11) is 0. The first-order valence-corrected chi connectivity index (χ1v) is 11.2. The van der Waals surface area contributed by atoms with Crippen molar-refractivity contribution in [2.45, 2.75) is 20.5 Å². The molecule has 2 heterocycles. The van der Waals surface area contributed by atoms with Crippen LogP contribution in [0.15, 0.2) is 61.1 Å². The lowest BCUT2D eigenvalue weighted by Gasteiger charge is -2.16. The van der Waals surface area contributed by atoms with Gasteiger partial charge in [0.1, 0.15) is 24.2 Å². The van der Waals surface area contributed by atoms with E-state index in [1.807, 2.05) is 19.1 Å². The summed E-state index contributed by atoms with van der Waals surface area (Å²) in [6.45, 7) is 4.03. The van der Waals surface area contributed by atoms with Gasteiger partial charge in [0.25, 0.3) is 0 Å². The highest BCUT2D eigenvalue weighted by Crippen LogP contribution is 2.37. The van der Waals surface area contributed by atoms with E-state index in [9.17, 15) is 10.1 Å². The van der Waals surface area contributed by atoms with E-state index >= 15 is 0 Å². The second kappa shape index (κ2) is 10.7. The fourth-order valence-corrected chi connectivity index (χ4v) is 3.72. The Bertz CT molecular complexity index is 1420. The maximum atomic E-state index is 11.7. The molecule has 1 amide bonds. The van der Waals surface area contributed by atoms with Gasteiger partial charge in [-0.15, -0.1) is 0 Å². The van der Waals surface area contributed by atoms with Gasteiger partial charge in [0.2, 0.25) is 5.91 Å². The van der Waals surface area contributed by atoms with Gasteiger partial charge < -0.3 is 20.1 Å². The van der Waals surface area contributed by atoms with Gasteiger partial charge in [-0.2, -0.15) is 5.26 Å². The average Bonchev–Trinajstić information content (AvgIpc) is 2.85. The molecule has 0 spiro atoms. The van der Waals surface area contributed by atoms with Gasteiger partial charge in [-0.25, -0.2) is 0 Å². The molecular formula is C26H22ClN5O3. The smallest absolute Gasteiger partial charge is 0.221 e. The summed E-state index contributed by atoms with van der Waals surface area (Å²) in [6, 6.07) is 14.7. The van der Waals surface area contributed by atoms with Gasteiger partial charge >= 0.3 is 0 Å². The van der Waals surface area contributed by atoms with E-state index in [-0.39, 0.29) is 5.91 Å². The maximum Gasteiger partial charge on any atom is 0.221 e. The van der Waals surface area contributed by atoms with Crippen molar-refractivity contribution in [2.75, 3.05) is 17.2 Å². The van der Waals surface area contributed by atoms with Gasteiger partial charge in [0, 0.05) is 48.2 Å². The number of nitrogens with one attached hydrogen (secondary N) is 2. The van der Waals surface area contributed by atoms with E-state index < -0.39 is 0 Å². The number of nitriles is 1. The predicted octanol–water partition coefficient (Wildman–Crippen LogP) is 5.83. The van der Waals surface area contributed by atoms with E-state index in [1.54, 1.807) is 42.7 Å². The number of nitrogens with zero attached hydrogens (tertiary/aromatic N) is 3. The summed E-state index contributed by atoms with van der Waals surface area (Å²) in [6.07, 6.45) is 4.92. The van der Waals surface area contributed by atoms with Crippen molar-refractivity contribution in [3.63, 3.8) is 0 Å². The first-order valence-electron chi connectivity index (χ1n) is 10.8. The minimum atomic E-state index is -0.238. The summed E-state index contributed by atoms with van der Waals surface area (Å²) in [4.78, 5) is 20.2. The number of hydrogen-bond donors (Lipinski definition) is 2.